The zero-order valence-corrected chi connectivity index (χ0v) is 12.6. The quantitative estimate of drug-likeness (QED) is 0.688. The molecule has 5 heteroatoms. The van der Waals surface area contributed by atoms with E-state index in [-0.39, 0.29) is 11.7 Å². The maximum absolute atomic E-state index is 13.2. The van der Waals surface area contributed by atoms with Crippen LogP contribution in [0.15, 0.2) is 53.0 Å². The second-order valence-corrected chi connectivity index (χ2v) is 6.16. The average Bonchev–Trinajstić information content (AvgIpc) is 2.87. The Hall–Kier alpha value is -1.72. The third kappa shape index (κ3) is 2.59. The number of benzene rings is 2. The highest BCUT2D eigenvalue weighted by atomic mass is 79.9. The van der Waals surface area contributed by atoms with Crippen LogP contribution in [0.2, 0.25) is 0 Å². The smallest absolute Gasteiger partial charge is 0.265 e. The Morgan fingerprint density at radius 2 is 1.95 bits per heavy atom. The van der Waals surface area contributed by atoms with E-state index in [1.165, 1.54) is 23.5 Å². The van der Waals surface area contributed by atoms with Gasteiger partial charge in [0.05, 0.1) is 10.6 Å². The molecule has 0 radical (unpaired) electrons. The molecule has 0 saturated carbocycles. The summed E-state index contributed by atoms with van der Waals surface area (Å²) in [5.74, 6) is -0.627. The molecule has 1 amide bonds. The molecule has 1 aromatic heterocycles. The van der Waals surface area contributed by atoms with Crippen LogP contribution in [0.3, 0.4) is 0 Å². The molecule has 0 saturated heterocycles. The summed E-state index contributed by atoms with van der Waals surface area (Å²) in [5, 5.41) is 3.74. The van der Waals surface area contributed by atoms with Crippen molar-refractivity contribution in [2.75, 3.05) is 5.32 Å². The fraction of sp³-hybridized carbons (Fsp3) is 0. The summed E-state index contributed by atoms with van der Waals surface area (Å²) in [6, 6.07) is 13.8. The SMILES string of the molecule is O=C(Nc1cc(F)ccc1Br)c1cc2ccccc2s1. The fourth-order valence-electron chi connectivity index (χ4n) is 1.87. The van der Waals surface area contributed by atoms with E-state index in [4.69, 9.17) is 0 Å². The van der Waals surface area contributed by atoms with Crippen molar-refractivity contribution in [2.45, 2.75) is 0 Å². The van der Waals surface area contributed by atoms with E-state index in [2.05, 4.69) is 21.2 Å². The minimum Gasteiger partial charge on any atom is -0.320 e. The van der Waals surface area contributed by atoms with E-state index in [9.17, 15) is 9.18 Å². The van der Waals surface area contributed by atoms with Crippen LogP contribution in [0, 0.1) is 5.82 Å². The molecule has 20 heavy (non-hydrogen) atoms. The molecular weight excluding hydrogens is 341 g/mol. The van der Waals surface area contributed by atoms with E-state index in [1.54, 1.807) is 6.07 Å². The summed E-state index contributed by atoms with van der Waals surface area (Å²) >= 11 is 4.70. The lowest BCUT2D eigenvalue weighted by Crippen LogP contribution is -2.10. The summed E-state index contributed by atoms with van der Waals surface area (Å²) in [4.78, 5) is 12.8. The van der Waals surface area contributed by atoms with Crippen molar-refractivity contribution in [3.05, 3.63) is 63.7 Å². The van der Waals surface area contributed by atoms with Crippen LogP contribution in [0.25, 0.3) is 10.1 Å². The standard InChI is InChI=1S/C15H9BrFNOS/c16-11-6-5-10(17)8-12(11)18-15(19)14-7-9-3-1-2-4-13(9)20-14/h1-8H,(H,18,19). The van der Waals surface area contributed by atoms with Crippen molar-refractivity contribution >= 4 is 48.9 Å². The predicted octanol–water partition coefficient (Wildman–Crippen LogP) is 5.06. The second kappa shape index (κ2) is 5.34. The number of thiophene rings is 1. The predicted molar refractivity (Wildman–Crippen MR) is 83.9 cm³/mol. The van der Waals surface area contributed by atoms with Gasteiger partial charge in [0.2, 0.25) is 0 Å². The molecule has 0 spiro atoms. The van der Waals surface area contributed by atoms with Gasteiger partial charge >= 0.3 is 0 Å². The molecule has 2 nitrogen and oxygen atoms in total. The molecule has 0 fully saturated rings. The van der Waals surface area contributed by atoms with Crippen LogP contribution in [0.4, 0.5) is 10.1 Å². The molecule has 0 aliphatic carbocycles. The molecule has 0 aliphatic rings. The van der Waals surface area contributed by atoms with Crippen molar-refractivity contribution < 1.29 is 9.18 Å². The van der Waals surface area contributed by atoms with Gasteiger partial charge in [-0.1, -0.05) is 18.2 Å². The Morgan fingerprint density at radius 3 is 2.75 bits per heavy atom. The molecule has 2 aromatic carbocycles. The van der Waals surface area contributed by atoms with Crippen molar-refractivity contribution in [2.24, 2.45) is 0 Å². The molecule has 100 valence electrons. The van der Waals surface area contributed by atoms with Gasteiger partial charge in [-0.3, -0.25) is 4.79 Å². The Balaban J connectivity index is 1.90. The van der Waals surface area contributed by atoms with Crippen molar-refractivity contribution in [3.8, 4) is 0 Å². The molecule has 1 heterocycles. The Labute approximate surface area is 127 Å². The first-order valence-electron chi connectivity index (χ1n) is 5.88. The monoisotopic (exact) mass is 349 g/mol. The number of carbonyl (C=O) groups excluding carboxylic acids is 1. The van der Waals surface area contributed by atoms with Crippen LogP contribution >= 0.6 is 27.3 Å². The lowest BCUT2D eigenvalue weighted by molar-refractivity contribution is 0.103. The number of hydrogen-bond donors (Lipinski definition) is 1. The molecule has 0 atom stereocenters. The van der Waals surface area contributed by atoms with Gasteiger partial charge < -0.3 is 5.32 Å². The van der Waals surface area contributed by atoms with Gasteiger partial charge in [-0.15, -0.1) is 11.3 Å². The number of rotatable bonds is 2. The highest BCUT2D eigenvalue weighted by Crippen LogP contribution is 2.28. The van der Waals surface area contributed by atoms with Gasteiger partial charge in [-0.05, 0) is 51.6 Å². The van der Waals surface area contributed by atoms with Gasteiger partial charge in [-0.2, -0.15) is 0 Å². The van der Waals surface area contributed by atoms with Crippen molar-refractivity contribution in [1.82, 2.24) is 0 Å². The number of halogens is 2. The van der Waals surface area contributed by atoms with Crippen LogP contribution in [-0.4, -0.2) is 5.91 Å². The van der Waals surface area contributed by atoms with E-state index < -0.39 is 0 Å². The molecular formula is C15H9BrFNOS. The summed E-state index contributed by atoms with van der Waals surface area (Å²) < 4.78 is 14.9. The van der Waals surface area contributed by atoms with E-state index in [0.717, 1.165) is 10.1 Å². The van der Waals surface area contributed by atoms with Crippen LogP contribution in [-0.2, 0) is 0 Å². The van der Waals surface area contributed by atoms with Gasteiger partial charge in [0.15, 0.2) is 0 Å². The van der Waals surface area contributed by atoms with Crippen LogP contribution in [0.5, 0.6) is 0 Å². The van der Waals surface area contributed by atoms with Crippen molar-refractivity contribution in [3.63, 3.8) is 0 Å². The minimum atomic E-state index is -0.389. The number of carbonyl (C=O) groups is 1. The number of nitrogens with one attached hydrogen (secondary N) is 1. The molecule has 0 bridgehead atoms. The van der Waals surface area contributed by atoms with E-state index in [0.29, 0.717) is 15.0 Å². The maximum atomic E-state index is 13.2. The summed E-state index contributed by atoms with van der Waals surface area (Å²) in [5.41, 5.74) is 0.424. The zero-order valence-electron chi connectivity index (χ0n) is 10.2. The molecule has 3 rings (SSSR count). The first kappa shape index (κ1) is 13.3. The lowest BCUT2D eigenvalue weighted by atomic mass is 10.2. The normalized spacial score (nSPS) is 10.7. The molecule has 0 aliphatic heterocycles. The lowest BCUT2D eigenvalue weighted by Gasteiger charge is -2.05. The number of anilines is 1. The fourth-order valence-corrected chi connectivity index (χ4v) is 3.17. The summed E-state index contributed by atoms with van der Waals surface area (Å²) in [6.45, 7) is 0. The number of hydrogen-bond acceptors (Lipinski definition) is 2. The average molecular weight is 350 g/mol. The highest BCUT2D eigenvalue weighted by molar-refractivity contribution is 9.10. The van der Waals surface area contributed by atoms with E-state index >= 15 is 0 Å². The van der Waals surface area contributed by atoms with Gasteiger partial charge in [-0.25, -0.2) is 4.39 Å². The third-order valence-electron chi connectivity index (χ3n) is 2.83. The highest BCUT2D eigenvalue weighted by Gasteiger charge is 2.12. The van der Waals surface area contributed by atoms with E-state index in [1.807, 2.05) is 30.3 Å². The summed E-state index contributed by atoms with van der Waals surface area (Å²) in [7, 11) is 0. The topological polar surface area (TPSA) is 29.1 Å². The first-order valence-corrected chi connectivity index (χ1v) is 7.49. The van der Waals surface area contributed by atoms with Gasteiger partial charge in [0.25, 0.3) is 5.91 Å². The van der Waals surface area contributed by atoms with Gasteiger partial charge in [0, 0.05) is 9.17 Å². The second-order valence-electron chi connectivity index (χ2n) is 4.23. The first-order chi connectivity index (χ1) is 9.63. The Bertz CT molecular complexity index is 766. The molecule has 3 aromatic rings. The van der Waals surface area contributed by atoms with Gasteiger partial charge in [0.1, 0.15) is 5.82 Å². The third-order valence-corrected chi connectivity index (χ3v) is 4.63. The maximum Gasteiger partial charge on any atom is 0.265 e. The van der Waals surface area contributed by atoms with Crippen molar-refractivity contribution in [1.29, 1.82) is 0 Å². The largest absolute Gasteiger partial charge is 0.320 e. The number of amides is 1. The Morgan fingerprint density at radius 1 is 1.15 bits per heavy atom. The Kier molecular flexibility index (Phi) is 3.54. The zero-order chi connectivity index (χ0) is 14.1. The molecule has 0 unspecified atom stereocenters. The van der Waals surface area contributed by atoms with Crippen LogP contribution < -0.4 is 5.32 Å². The van der Waals surface area contributed by atoms with Crippen LogP contribution in [0.1, 0.15) is 9.67 Å². The minimum absolute atomic E-state index is 0.238. The number of fused-ring (bicyclic) bond motifs is 1. The summed E-state index contributed by atoms with van der Waals surface area (Å²) in [6.07, 6.45) is 0. The molecule has 1 N–H and O–H groups in total.